The monoisotopic (exact) mass is 309 g/mol. The van der Waals surface area contributed by atoms with Gasteiger partial charge in [0.1, 0.15) is 0 Å². The summed E-state index contributed by atoms with van der Waals surface area (Å²) >= 11 is 0. The summed E-state index contributed by atoms with van der Waals surface area (Å²) in [6.45, 7) is 4.97. The molecule has 0 aliphatic heterocycles. The zero-order chi connectivity index (χ0) is 15.1. The molecule has 0 amide bonds. The molecule has 0 aromatic rings. The summed E-state index contributed by atoms with van der Waals surface area (Å²) in [5.41, 5.74) is 0. The average molecular weight is 309 g/mol. The zero-order valence-electron chi connectivity index (χ0n) is 13.1. The van der Waals surface area contributed by atoms with Crippen LogP contribution in [-0.2, 0) is 13.8 Å². The molecule has 0 heterocycles. The maximum absolute atomic E-state index is 11.4. The average Bonchev–Trinajstić information content (AvgIpc) is 2.40. The standard InChI is InChI=1S/C14H32NO4P/c1-3-19-20(16,17)14-9-7-5-4-6-8-11-15-12-10-13-18-2/h15H,3-14H2,1-2H3,(H,16,17). The van der Waals surface area contributed by atoms with E-state index in [9.17, 15) is 9.46 Å². The maximum atomic E-state index is 11.4. The van der Waals surface area contributed by atoms with Crippen LogP contribution in [0, 0.1) is 0 Å². The molecule has 1 unspecified atom stereocenters. The Balaban J connectivity index is 3.15. The van der Waals surface area contributed by atoms with Crippen LogP contribution in [0.2, 0.25) is 0 Å². The maximum Gasteiger partial charge on any atom is 0.328 e. The molecular weight excluding hydrogens is 277 g/mol. The molecule has 0 saturated heterocycles. The lowest BCUT2D eigenvalue weighted by Gasteiger charge is -2.10. The molecule has 0 aromatic heterocycles. The fourth-order valence-electron chi connectivity index (χ4n) is 2.00. The van der Waals surface area contributed by atoms with Gasteiger partial charge in [0.25, 0.3) is 0 Å². The van der Waals surface area contributed by atoms with Gasteiger partial charge in [-0.15, -0.1) is 0 Å². The van der Waals surface area contributed by atoms with E-state index in [0.717, 1.165) is 45.4 Å². The van der Waals surface area contributed by atoms with E-state index >= 15 is 0 Å². The van der Waals surface area contributed by atoms with Crippen LogP contribution < -0.4 is 5.32 Å². The Kier molecular flexibility index (Phi) is 14.1. The molecule has 0 rings (SSSR count). The van der Waals surface area contributed by atoms with Crippen molar-refractivity contribution in [1.82, 2.24) is 5.32 Å². The van der Waals surface area contributed by atoms with Crippen molar-refractivity contribution in [1.29, 1.82) is 0 Å². The molecular formula is C14H32NO4P. The number of hydrogen-bond donors (Lipinski definition) is 2. The molecule has 5 nitrogen and oxygen atoms in total. The van der Waals surface area contributed by atoms with E-state index in [0.29, 0.717) is 12.8 Å². The van der Waals surface area contributed by atoms with Crippen LogP contribution in [0.1, 0.15) is 51.9 Å². The molecule has 122 valence electrons. The summed E-state index contributed by atoms with van der Waals surface area (Å²) in [5, 5.41) is 3.39. The summed E-state index contributed by atoms with van der Waals surface area (Å²) < 4.78 is 21.2. The smallest absolute Gasteiger partial charge is 0.328 e. The quantitative estimate of drug-likeness (QED) is 0.359. The van der Waals surface area contributed by atoms with Gasteiger partial charge >= 0.3 is 7.60 Å². The first-order chi connectivity index (χ1) is 9.62. The number of nitrogens with one attached hydrogen (secondary N) is 1. The SMILES string of the molecule is CCOP(=O)(O)CCCCCCCCNCCCOC. The third-order valence-corrected chi connectivity index (χ3v) is 4.62. The van der Waals surface area contributed by atoms with Gasteiger partial charge in [-0.2, -0.15) is 0 Å². The minimum Gasteiger partial charge on any atom is -0.385 e. The highest BCUT2D eigenvalue weighted by molar-refractivity contribution is 7.52. The van der Waals surface area contributed by atoms with Gasteiger partial charge in [0.15, 0.2) is 0 Å². The predicted molar refractivity (Wildman–Crippen MR) is 83.4 cm³/mol. The molecule has 20 heavy (non-hydrogen) atoms. The van der Waals surface area contributed by atoms with E-state index in [4.69, 9.17) is 9.26 Å². The van der Waals surface area contributed by atoms with Crippen LogP contribution in [-0.4, -0.2) is 44.5 Å². The van der Waals surface area contributed by atoms with Crippen molar-refractivity contribution in [3.8, 4) is 0 Å². The molecule has 0 fully saturated rings. The van der Waals surface area contributed by atoms with Crippen LogP contribution in [0.15, 0.2) is 0 Å². The molecule has 2 N–H and O–H groups in total. The van der Waals surface area contributed by atoms with Gasteiger partial charge < -0.3 is 19.5 Å². The first-order valence-electron chi connectivity index (χ1n) is 7.78. The van der Waals surface area contributed by atoms with Gasteiger partial charge in [0.2, 0.25) is 0 Å². The van der Waals surface area contributed by atoms with Gasteiger partial charge in [-0.05, 0) is 39.3 Å². The van der Waals surface area contributed by atoms with E-state index < -0.39 is 7.60 Å². The first kappa shape index (κ1) is 20.1. The molecule has 0 aliphatic rings. The van der Waals surface area contributed by atoms with Crippen molar-refractivity contribution in [3.05, 3.63) is 0 Å². The molecule has 0 spiro atoms. The molecule has 0 saturated carbocycles. The lowest BCUT2D eigenvalue weighted by atomic mass is 10.1. The summed E-state index contributed by atoms with van der Waals surface area (Å²) in [6.07, 6.45) is 7.91. The van der Waals surface area contributed by atoms with E-state index in [1.54, 1.807) is 14.0 Å². The second kappa shape index (κ2) is 14.0. The second-order valence-electron chi connectivity index (χ2n) is 5.00. The summed E-state index contributed by atoms with van der Waals surface area (Å²) in [6, 6.07) is 0. The number of hydrogen-bond acceptors (Lipinski definition) is 4. The van der Waals surface area contributed by atoms with Gasteiger partial charge in [-0.1, -0.05) is 25.7 Å². The molecule has 1 atom stereocenters. The highest BCUT2D eigenvalue weighted by Gasteiger charge is 2.16. The summed E-state index contributed by atoms with van der Waals surface area (Å²) in [5.74, 6) is 0. The van der Waals surface area contributed by atoms with E-state index in [-0.39, 0.29) is 0 Å². The largest absolute Gasteiger partial charge is 0.385 e. The van der Waals surface area contributed by atoms with Crippen LogP contribution in [0.3, 0.4) is 0 Å². The fraction of sp³-hybridized carbons (Fsp3) is 1.00. The third kappa shape index (κ3) is 14.5. The molecule has 0 aromatic carbocycles. The lowest BCUT2D eigenvalue weighted by Crippen LogP contribution is -2.17. The number of ether oxygens (including phenoxy) is 1. The van der Waals surface area contributed by atoms with Gasteiger partial charge in [0, 0.05) is 19.9 Å². The Bertz CT molecular complexity index is 251. The van der Waals surface area contributed by atoms with Crippen molar-refractivity contribution >= 4 is 7.60 Å². The number of methoxy groups -OCH3 is 1. The Morgan fingerprint density at radius 3 is 2.25 bits per heavy atom. The van der Waals surface area contributed by atoms with Crippen LogP contribution >= 0.6 is 7.60 Å². The Morgan fingerprint density at radius 1 is 1.00 bits per heavy atom. The highest BCUT2D eigenvalue weighted by Crippen LogP contribution is 2.42. The number of unbranched alkanes of at least 4 members (excludes halogenated alkanes) is 5. The van der Waals surface area contributed by atoms with Crippen LogP contribution in [0.5, 0.6) is 0 Å². The van der Waals surface area contributed by atoms with Crippen molar-refractivity contribution in [2.24, 2.45) is 0 Å². The summed E-state index contributed by atoms with van der Waals surface area (Å²) in [4.78, 5) is 9.39. The van der Waals surface area contributed by atoms with Crippen LogP contribution in [0.25, 0.3) is 0 Å². The Labute approximate surface area is 124 Å². The normalized spacial score (nSPS) is 14.3. The topological polar surface area (TPSA) is 67.8 Å². The van der Waals surface area contributed by atoms with Crippen molar-refractivity contribution < 1.29 is 18.7 Å². The molecule has 0 aliphatic carbocycles. The van der Waals surface area contributed by atoms with E-state index in [2.05, 4.69) is 5.32 Å². The van der Waals surface area contributed by atoms with Crippen molar-refractivity contribution in [3.63, 3.8) is 0 Å². The first-order valence-corrected chi connectivity index (χ1v) is 9.54. The van der Waals surface area contributed by atoms with Crippen LogP contribution in [0.4, 0.5) is 0 Å². The summed E-state index contributed by atoms with van der Waals surface area (Å²) in [7, 11) is -1.57. The van der Waals surface area contributed by atoms with Gasteiger partial charge in [0.05, 0.1) is 6.61 Å². The minimum absolute atomic E-state index is 0.294. The molecule has 6 heteroatoms. The Morgan fingerprint density at radius 2 is 1.60 bits per heavy atom. The van der Waals surface area contributed by atoms with Crippen molar-refractivity contribution in [2.75, 3.05) is 39.6 Å². The Hall–Kier alpha value is 0.0700. The van der Waals surface area contributed by atoms with Gasteiger partial charge in [-0.3, -0.25) is 4.57 Å². The minimum atomic E-state index is -3.29. The lowest BCUT2D eigenvalue weighted by molar-refractivity contribution is 0.194. The predicted octanol–water partition coefficient (Wildman–Crippen LogP) is 3.18. The molecule has 0 bridgehead atoms. The second-order valence-corrected chi connectivity index (χ2v) is 6.98. The van der Waals surface area contributed by atoms with Crippen molar-refractivity contribution in [2.45, 2.75) is 51.9 Å². The van der Waals surface area contributed by atoms with E-state index in [1.165, 1.54) is 19.3 Å². The molecule has 0 radical (unpaired) electrons. The highest BCUT2D eigenvalue weighted by atomic mass is 31.2. The third-order valence-electron chi connectivity index (χ3n) is 3.08. The fourth-order valence-corrected chi connectivity index (χ4v) is 3.16. The zero-order valence-corrected chi connectivity index (χ0v) is 14.0. The van der Waals surface area contributed by atoms with E-state index in [1.807, 2.05) is 0 Å². The van der Waals surface area contributed by atoms with Gasteiger partial charge in [-0.25, -0.2) is 0 Å². The number of rotatable bonds is 15.